The van der Waals surface area contributed by atoms with E-state index >= 15 is 0 Å². The van der Waals surface area contributed by atoms with E-state index in [1.165, 1.54) is 0 Å². The Bertz CT molecular complexity index is 97.0. The van der Waals surface area contributed by atoms with Crippen LogP contribution in [0.1, 0.15) is 27.7 Å². The second-order valence-electron chi connectivity index (χ2n) is 2.30. The van der Waals surface area contributed by atoms with Gasteiger partial charge in [-0.3, -0.25) is 0 Å². The monoisotopic (exact) mass is 116 g/mol. The minimum absolute atomic E-state index is 0.778. The predicted molar refractivity (Wildman–Crippen MR) is 34.6 cm³/mol. The summed E-state index contributed by atoms with van der Waals surface area (Å²) in [6.07, 6.45) is -0.778. The highest BCUT2D eigenvalue weighted by molar-refractivity contribution is 5.10. The van der Waals surface area contributed by atoms with Crippen LogP contribution >= 0.6 is 0 Å². The van der Waals surface area contributed by atoms with Gasteiger partial charge in [-0.25, -0.2) is 4.39 Å². The molecule has 0 radical (unpaired) electrons. The van der Waals surface area contributed by atoms with Crippen molar-refractivity contribution >= 4 is 0 Å². The zero-order chi connectivity index (χ0) is 6.73. The molecule has 48 valence electrons. The molecular weight excluding hydrogens is 103 g/mol. The number of alkyl halides is 1. The van der Waals surface area contributed by atoms with Gasteiger partial charge in [-0.15, -0.1) is 0 Å². The van der Waals surface area contributed by atoms with Crippen molar-refractivity contribution in [1.29, 1.82) is 0 Å². The van der Waals surface area contributed by atoms with Crippen LogP contribution in [0.3, 0.4) is 0 Å². The summed E-state index contributed by atoms with van der Waals surface area (Å²) >= 11 is 0. The van der Waals surface area contributed by atoms with Gasteiger partial charge >= 0.3 is 0 Å². The molecule has 0 aliphatic heterocycles. The van der Waals surface area contributed by atoms with Crippen molar-refractivity contribution in [3.63, 3.8) is 0 Å². The highest BCUT2D eigenvalue weighted by Crippen LogP contribution is 2.09. The lowest BCUT2D eigenvalue weighted by molar-refractivity contribution is 0.409. The van der Waals surface area contributed by atoms with Crippen LogP contribution in [0.2, 0.25) is 0 Å². The lowest BCUT2D eigenvalue weighted by atomic mass is 10.1. The van der Waals surface area contributed by atoms with Gasteiger partial charge in [0.1, 0.15) is 6.17 Å². The predicted octanol–water partition coefficient (Wildman–Crippen LogP) is 2.70. The Morgan fingerprint density at radius 3 is 1.62 bits per heavy atom. The third-order valence-corrected chi connectivity index (χ3v) is 1.39. The van der Waals surface area contributed by atoms with Crippen LogP contribution in [0.15, 0.2) is 11.1 Å². The van der Waals surface area contributed by atoms with Crippen molar-refractivity contribution in [3.8, 4) is 0 Å². The van der Waals surface area contributed by atoms with Crippen LogP contribution in [-0.2, 0) is 0 Å². The third kappa shape index (κ3) is 2.10. The average molecular weight is 116 g/mol. The summed E-state index contributed by atoms with van der Waals surface area (Å²) in [6.45, 7) is 7.22. The molecule has 0 N–H and O–H groups in total. The maximum atomic E-state index is 12.3. The topological polar surface area (TPSA) is 0 Å². The maximum absolute atomic E-state index is 12.3. The second kappa shape index (κ2) is 2.85. The maximum Gasteiger partial charge on any atom is 0.118 e. The molecule has 0 saturated carbocycles. The van der Waals surface area contributed by atoms with E-state index in [4.69, 9.17) is 0 Å². The van der Waals surface area contributed by atoms with E-state index in [1.54, 1.807) is 6.92 Å². The molecule has 0 nitrogen and oxygen atoms in total. The summed E-state index contributed by atoms with van der Waals surface area (Å²) in [6, 6.07) is 0. The van der Waals surface area contributed by atoms with E-state index in [0.717, 1.165) is 11.1 Å². The number of rotatable bonds is 1. The summed E-state index contributed by atoms with van der Waals surface area (Å²) in [5.74, 6) is 0. The minimum Gasteiger partial charge on any atom is -0.243 e. The molecule has 0 amide bonds. The van der Waals surface area contributed by atoms with E-state index in [2.05, 4.69) is 0 Å². The van der Waals surface area contributed by atoms with Crippen molar-refractivity contribution in [2.75, 3.05) is 0 Å². The van der Waals surface area contributed by atoms with Crippen molar-refractivity contribution in [1.82, 2.24) is 0 Å². The number of allylic oxidation sites excluding steroid dienone is 2. The van der Waals surface area contributed by atoms with Crippen LogP contribution in [0.5, 0.6) is 0 Å². The molecule has 0 aromatic carbocycles. The Morgan fingerprint density at radius 2 is 1.62 bits per heavy atom. The largest absolute Gasteiger partial charge is 0.243 e. The summed E-state index contributed by atoms with van der Waals surface area (Å²) in [5, 5.41) is 0. The first-order valence-electron chi connectivity index (χ1n) is 2.83. The van der Waals surface area contributed by atoms with Gasteiger partial charge in [0.2, 0.25) is 0 Å². The van der Waals surface area contributed by atoms with Gasteiger partial charge in [-0.1, -0.05) is 5.57 Å². The first kappa shape index (κ1) is 7.67. The highest BCUT2D eigenvalue weighted by Gasteiger charge is 1.99. The summed E-state index contributed by atoms with van der Waals surface area (Å²) in [4.78, 5) is 0. The quantitative estimate of drug-likeness (QED) is 0.462. The van der Waals surface area contributed by atoms with Crippen LogP contribution in [0.25, 0.3) is 0 Å². The Morgan fingerprint density at radius 1 is 1.25 bits per heavy atom. The summed E-state index contributed by atoms with van der Waals surface area (Å²) in [5.41, 5.74) is 1.94. The fourth-order valence-electron chi connectivity index (χ4n) is 0.398. The molecule has 0 aliphatic rings. The lowest BCUT2D eigenvalue weighted by Gasteiger charge is -2.02. The normalized spacial score (nSPS) is 13.1. The molecular formula is C7H13F. The third-order valence-electron chi connectivity index (χ3n) is 1.39. The van der Waals surface area contributed by atoms with Crippen molar-refractivity contribution in [2.45, 2.75) is 33.9 Å². The van der Waals surface area contributed by atoms with E-state index in [-0.39, 0.29) is 0 Å². The van der Waals surface area contributed by atoms with Crippen molar-refractivity contribution in [3.05, 3.63) is 11.1 Å². The number of hydrogen-bond acceptors (Lipinski definition) is 0. The molecule has 0 rings (SSSR count). The molecule has 8 heavy (non-hydrogen) atoms. The summed E-state index contributed by atoms with van der Waals surface area (Å²) in [7, 11) is 0. The summed E-state index contributed by atoms with van der Waals surface area (Å²) < 4.78 is 12.3. The van der Waals surface area contributed by atoms with Gasteiger partial charge in [0.05, 0.1) is 0 Å². The molecule has 0 fully saturated rings. The van der Waals surface area contributed by atoms with Gasteiger partial charge in [0.25, 0.3) is 0 Å². The van der Waals surface area contributed by atoms with Gasteiger partial charge in [-0.05, 0) is 33.3 Å². The average Bonchev–Trinajstić information content (AvgIpc) is 1.64. The lowest BCUT2D eigenvalue weighted by Crippen LogP contribution is -1.95. The van der Waals surface area contributed by atoms with Crippen molar-refractivity contribution in [2.24, 2.45) is 0 Å². The molecule has 0 aliphatic carbocycles. The number of halogens is 1. The molecule has 0 aromatic rings. The molecule has 0 aromatic heterocycles. The second-order valence-corrected chi connectivity index (χ2v) is 2.30. The molecule has 1 heteroatoms. The smallest absolute Gasteiger partial charge is 0.118 e. The van der Waals surface area contributed by atoms with E-state index in [1.807, 2.05) is 20.8 Å². The fourth-order valence-corrected chi connectivity index (χ4v) is 0.398. The van der Waals surface area contributed by atoms with E-state index in [9.17, 15) is 4.39 Å². The SMILES string of the molecule is CC(C)=C(C)[C@@H](C)F. The Hall–Kier alpha value is -0.330. The zero-order valence-electron chi connectivity index (χ0n) is 5.96. The Labute approximate surface area is 50.4 Å². The molecule has 0 bridgehead atoms. The minimum atomic E-state index is -0.778. The van der Waals surface area contributed by atoms with Crippen LogP contribution in [0.4, 0.5) is 4.39 Å². The van der Waals surface area contributed by atoms with Gasteiger partial charge in [0.15, 0.2) is 0 Å². The Balaban J connectivity index is 4.00. The first-order chi connectivity index (χ1) is 3.55. The molecule has 1 atom stereocenters. The van der Waals surface area contributed by atoms with E-state index in [0.29, 0.717) is 0 Å². The molecule has 0 unspecified atom stereocenters. The molecule has 0 saturated heterocycles. The van der Waals surface area contributed by atoms with Crippen LogP contribution in [0, 0.1) is 0 Å². The Kier molecular flexibility index (Phi) is 2.74. The van der Waals surface area contributed by atoms with Crippen LogP contribution < -0.4 is 0 Å². The van der Waals surface area contributed by atoms with Crippen LogP contribution in [-0.4, -0.2) is 6.17 Å². The zero-order valence-corrected chi connectivity index (χ0v) is 5.96. The van der Waals surface area contributed by atoms with Crippen molar-refractivity contribution < 1.29 is 4.39 Å². The standard InChI is InChI=1S/C7H13F/c1-5(2)6(3)7(4)8/h7H,1-4H3/t7-/m1/s1. The highest BCUT2D eigenvalue weighted by atomic mass is 19.1. The van der Waals surface area contributed by atoms with Gasteiger partial charge in [-0.2, -0.15) is 0 Å². The van der Waals surface area contributed by atoms with E-state index < -0.39 is 6.17 Å². The fraction of sp³-hybridized carbons (Fsp3) is 0.714. The molecule has 0 spiro atoms. The number of hydrogen-bond donors (Lipinski definition) is 0. The molecule has 0 heterocycles. The first-order valence-corrected chi connectivity index (χ1v) is 2.83. The van der Waals surface area contributed by atoms with Gasteiger partial charge in [0, 0.05) is 0 Å². The van der Waals surface area contributed by atoms with Gasteiger partial charge < -0.3 is 0 Å².